The summed E-state index contributed by atoms with van der Waals surface area (Å²) in [5.74, 6) is 0.233. The topological polar surface area (TPSA) is 94.5 Å². The molecule has 0 saturated carbocycles. The Bertz CT molecular complexity index is 898. The van der Waals surface area contributed by atoms with Crippen LogP contribution in [-0.2, 0) is 0 Å². The van der Waals surface area contributed by atoms with Crippen LogP contribution in [0.4, 0.5) is 0 Å². The first-order valence-corrected chi connectivity index (χ1v) is 7.05. The largest absolute Gasteiger partial charge is 0.504 e. The van der Waals surface area contributed by atoms with Gasteiger partial charge in [0.2, 0.25) is 24.1 Å². The summed E-state index contributed by atoms with van der Waals surface area (Å²) in [4.78, 5) is 12.4. The molecule has 7 nitrogen and oxygen atoms in total. The molecule has 2 aromatic carbocycles. The van der Waals surface area contributed by atoms with E-state index in [0.717, 1.165) is 0 Å². The van der Waals surface area contributed by atoms with E-state index in [-0.39, 0.29) is 29.6 Å². The van der Waals surface area contributed by atoms with E-state index in [2.05, 4.69) is 0 Å². The third-order valence-corrected chi connectivity index (χ3v) is 3.77. The van der Waals surface area contributed by atoms with Crippen LogP contribution in [0.3, 0.4) is 0 Å². The van der Waals surface area contributed by atoms with Crippen molar-refractivity contribution >= 4 is 11.9 Å². The molecule has 0 saturated heterocycles. The standard InChI is InChI=1S/C17H12O7/c1-21-12-5-8(6-13-17(12)23-7-22-13)4-11-14(19)9-2-3-10(18)15(20)16(9)24-11/h2-6,18,20H,7H2,1H3/b11-4-. The van der Waals surface area contributed by atoms with Crippen LogP contribution >= 0.6 is 0 Å². The number of rotatable bonds is 2. The van der Waals surface area contributed by atoms with E-state index < -0.39 is 11.5 Å². The number of ketones is 1. The molecule has 2 heterocycles. The van der Waals surface area contributed by atoms with Crippen molar-refractivity contribution in [3.8, 4) is 34.5 Å². The smallest absolute Gasteiger partial charge is 0.232 e. The molecule has 2 N–H and O–H groups in total. The Hall–Kier alpha value is -3.35. The molecule has 24 heavy (non-hydrogen) atoms. The van der Waals surface area contributed by atoms with E-state index >= 15 is 0 Å². The molecule has 2 aromatic rings. The zero-order valence-corrected chi connectivity index (χ0v) is 12.5. The van der Waals surface area contributed by atoms with Crippen molar-refractivity contribution < 1.29 is 34.0 Å². The summed E-state index contributed by atoms with van der Waals surface area (Å²) in [6.07, 6.45) is 1.50. The molecule has 0 bridgehead atoms. The van der Waals surface area contributed by atoms with Gasteiger partial charge in [0.15, 0.2) is 28.8 Å². The molecule has 0 fully saturated rings. The first-order valence-electron chi connectivity index (χ1n) is 7.05. The molecular formula is C17H12O7. The molecule has 0 amide bonds. The zero-order chi connectivity index (χ0) is 16.8. The van der Waals surface area contributed by atoms with E-state index in [1.807, 2.05) is 0 Å². The van der Waals surface area contributed by atoms with E-state index in [1.54, 1.807) is 12.1 Å². The number of fused-ring (bicyclic) bond motifs is 2. The average molecular weight is 328 g/mol. The average Bonchev–Trinajstić information content (AvgIpc) is 3.16. The predicted octanol–water partition coefficient (Wildman–Crippen LogP) is 2.45. The van der Waals surface area contributed by atoms with Gasteiger partial charge in [-0.2, -0.15) is 0 Å². The van der Waals surface area contributed by atoms with Gasteiger partial charge in [0.25, 0.3) is 0 Å². The predicted molar refractivity (Wildman–Crippen MR) is 81.8 cm³/mol. The van der Waals surface area contributed by atoms with Crippen molar-refractivity contribution in [3.05, 3.63) is 41.2 Å². The van der Waals surface area contributed by atoms with Crippen LogP contribution in [0.1, 0.15) is 15.9 Å². The highest BCUT2D eigenvalue weighted by Gasteiger charge is 2.31. The van der Waals surface area contributed by atoms with Crippen LogP contribution < -0.4 is 18.9 Å². The summed E-state index contributed by atoms with van der Waals surface area (Å²) in [6, 6.07) is 6.00. The number of carbonyl (C=O) groups excluding carboxylic acids is 1. The number of allylic oxidation sites excluding steroid dienone is 1. The van der Waals surface area contributed by atoms with Gasteiger partial charge in [-0.05, 0) is 35.9 Å². The van der Waals surface area contributed by atoms with Gasteiger partial charge in [-0.3, -0.25) is 4.79 Å². The van der Waals surface area contributed by atoms with Gasteiger partial charge in [-0.25, -0.2) is 0 Å². The highest BCUT2D eigenvalue weighted by molar-refractivity contribution is 6.15. The molecule has 7 heteroatoms. The quantitative estimate of drug-likeness (QED) is 0.646. The van der Waals surface area contributed by atoms with Crippen LogP contribution in [0.5, 0.6) is 34.5 Å². The molecule has 0 aliphatic carbocycles. The van der Waals surface area contributed by atoms with Gasteiger partial charge >= 0.3 is 0 Å². The van der Waals surface area contributed by atoms with Crippen molar-refractivity contribution in [2.75, 3.05) is 13.9 Å². The van der Waals surface area contributed by atoms with E-state index in [4.69, 9.17) is 18.9 Å². The summed E-state index contributed by atoms with van der Waals surface area (Å²) in [6.45, 7) is 0.0970. The normalized spacial score (nSPS) is 16.2. The minimum atomic E-state index is -0.465. The summed E-state index contributed by atoms with van der Waals surface area (Å²) in [5, 5.41) is 19.3. The lowest BCUT2D eigenvalue weighted by Gasteiger charge is -2.06. The molecule has 2 aliphatic rings. The maximum atomic E-state index is 12.4. The number of aromatic hydroxyl groups is 2. The van der Waals surface area contributed by atoms with Gasteiger partial charge in [-0.1, -0.05) is 0 Å². The second-order valence-corrected chi connectivity index (χ2v) is 5.21. The monoisotopic (exact) mass is 328 g/mol. The lowest BCUT2D eigenvalue weighted by molar-refractivity contribution is 0.101. The van der Waals surface area contributed by atoms with Crippen LogP contribution in [0.2, 0.25) is 0 Å². The second-order valence-electron chi connectivity index (χ2n) is 5.21. The number of Topliss-reactive ketones (excluding diaryl/α,β-unsaturated/α-hetero) is 1. The minimum Gasteiger partial charge on any atom is -0.504 e. The number of hydrogen-bond acceptors (Lipinski definition) is 7. The molecule has 0 spiro atoms. The minimum absolute atomic E-state index is 0.0202. The van der Waals surface area contributed by atoms with Crippen LogP contribution in [-0.4, -0.2) is 29.9 Å². The maximum Gasteiger partial charge on any atom is 0.232 e. The number of benzene rings is 2. The lowest BCUT2D eigenvalue weighted by Crippen LogP contribution is -1.98. The van der Waals surface area contributed by atoms with Crippen molar-refractivity contribution in [1.29, 1.82) is 0 Å². The fraction of sp³-hybridized carbons (Fsp3) is 0.118. The summed E-state index contributed by atoms with van der Waals surface area (Å²) in [5.41, 5.74) is 0.792. The molecule has 4 rings (SSSR count). The van der Waals surface area contributed by atoms with Crippen molar-refractivity contribution in [2.45, 2.75) is 0 Å². The van der Waals surface area contributed by atoms with Gasteiger partial charge in [0.05, 0.1) is 12.7 Å². The molecule has 0 unspecified atom stereocenters. The number of ether oxygens (including phenoxy) is 4. The highest BCUT2D eigenvalue weighted by atomic mass is 16.7. The van der Waals surface area contributed by atoms with Crippen LogP contribution in [0.15, 0.2) is 30.0 Å². The van der Waals surface area contributed by atoms with E-state index in [9.17, 15) is 15.0 Å². The third kappa shape index (κ3) is 2.02. The Morgan fingerprint density at radius 2 is 2.00 bits per heavy atom. The Labute approximate surface area is 136 Å². The van der Waals surface area contributed by atoms with E-state index in [0.29, 0.717) is 22.8 Å². The van der Waals surface area contributed by atoms with Crippen LogP contribution in [0, 0.1) is 0 Å². The number of phenols is 2. The number of methoxy groups -OCH3 is 1. The molecule has 2 aliphatic heterocycles. The Morgan fingerprint density at radius 1 is 1.17 bits per heavy atom. The fourth-order valence-electron chi connectivity index (χ4n) is 2.61. The number of carbonyl (C=O) groups is 1. The molecule has 122 valence electrons. The SMILES string of the molecule is COc1cc(/C=C2\Oc3c(ccc(O)c3O)C2=O)cc2c1OCO2. The number of phenolic OH excluding ortho intramolecular Hbond substituents is 2. The number of hydrogen-bond donors (Lipinski definition) is 2. The first kappa shape index (κ1) is 14.3. The van der Waals surface area contributed by atoms with Crippen LogP contribution in [0.25, 0.3) is 6.08 Å². The molecule has 0 aromatic heterocycles. The Balaban J connectivity index is 1.76. The van der Waals surface area contributed by atoms with Gasteiger partial charge in [0, 0.05) is 0 Å². The molecule has 0 atom stereocenters. The van der Waals surface area contributed by atoms with Gasteiger partial charge in [0.1, 0.15) is 0 Å². The van der Waals surface area contributed by atoms with Crippen molar-refractivity contribution in [3.63, 3.8) is 0 Å². The Morgan fingerprint density at radius 3 is 2.79 bits per heavy atom. The third-order valence-electron chi connectivity index (χ3n) is 3.77. The summed E-state index contributed by atoms with van der Waals surface area (Å²) >= 11 is 0. The Kier molecular flexibility index (Phi) is 3.02. The van der Waals surface area contributed by atoms with Crippen molar-refractivity contribution in [1.82, 2.24) is 0 Å². The van der Waals surface area contributed by atoms with E-state index in [1.165, 1.54) is 25.3 Å². The lowest BCUT2D eigenvalue weighted by atomic mass is 10.1. The van der Waals surface area contributed by atoms with Crippen molar-refractivity contribution in [2.24, 2.45) is 0 Å². The van der Waals surface area contributed by atoms with Gasteiger partial charge < -0.3 is 29.2 Å². The summed E-state index contributed by atoms with van der Waals surface area (Å²) < 4.78 is 21.3. The van der Waals surface area contributed by atoms with Gasteiger partial charge in [-0.15, -0.1) is 0 Å². The summed E-state index contributed by atoms with van der Waals surface area (Å²) in [7, 11) is 1.50. The fourth-order valence-corrected chi connectivity index (χ4v) is 2.61. The zero-order valence-electron chi connectivity index (χ0n) is 12.5. The maximum absolute atomic E-state index is 12.4. The molecule has 0 radical (unpaired) electrons. The highest BCUT2D eigenvalue weighted by Crippen LogP contribution is 2.45. The first-order chi connectivity index (χ1) is 11.6. The second kappa shape index (κ2) is 5.09. The molecular weight excluding hydrogens is 316 g/mol.